The van der Waals surface area contributed by atoms with E-state index < -0.39 is 10.0 Å². The normalized spacial score (nSPS) is 11.5. The van der Waals surface area contributed by atoms with Gasteiger partial charge in [0.05, 0.1) is 12.4 Å². The third-order valence-corrected chi connectivity index (χ3v) is 3.78. The molecule has 0 unspecified atom stereocenters. The lowest BCUT2D eigenvalue weighted by molar-refractivity contribution is 0.375. The van der Waals surface area contributed by atoms with E-state index in [0.29, 0.717) is 24.1 Å². The molecule has 0 saturated carbocycles. The zero-order chi connectivity index (χ0) is 14.6. The second-order valence-electron chi connectivity index (χ2n) is 3.88. The summed E-state index contributed by atoms with van der Waals surface area (Å²) in [6.07, 6.45) is 2.78. The van der Waals surface area contributed by atoms with Crippen LogP contribution in [0.5, 0.6) is 0 Å². The molecule has 20 heavy (non-hydrogen) atoms. The number of aryl methyl sites for hydroxylation is 1. The van der Waals surface area contributed by atoms with Crippen molar-refractivity contribution < 1.29 is 12.9 Å². The highest BCUT2D eigenvalue weighted by Crippen LogP contribution is 2.07. The minimum absolute atomic E-state index is 0.00166. The molecule has 2 aromatic rings. The Morgan fingerprint density at radius 3 is 2.55 bits per heavy atom. The maximum Gasteiger partial charge on any atom is 0.243 e. The highest BCUT2D eigenvalue weighted by Gasteiger charge is 2.15. The Kier molecular flexibility index (Phi) is 4.25. The minimum Gasteiger partial charge on any atom is -0.357 e. The second kappa shape index (κ2) is 5.92. The Hall–Kier alpha value is -2.07. The van der Waals surface area contributed by atoms with E-state index in [4.69, 9.17) is 4.52 Å². The molecule has 0 amide bonds. The molecule has 0 atom stereocenters. The van der Waals surface area contributed by atoms with Crippen molar-refractivity contribution in [2.24, 2.45) is 0 Å². The molecule has 0 spiro atoms. The van der Waals surface area contributed by atoms with Gasteiger partial charge in [0.25, 0.3) is 0 Å². The van der Waals surface area contributed by atoms with Gasteiger partial charge < -0.3 is 9.84 Å². The van der Waals surface area contributed by atoms with Gasteiger partial charge in [-0.05, 0) is 6.92 Å². The molecule has 10 heteroatoms. The van der Waals surface area contributed by atoms with Gasteiger partial charge in [0.2, 0.25) is 21.9 Å². The van der Waals surface area contributed by atoms with Crippen molar-refractivity contribution in [3.8, 4) is 0 Å². The van der Waals surface area contributed by atoms with Crippen molar-refractivity contribution in [3.63, 3.8) is 0 Å². The Bertz CT molecular complexity index is 667. The number of aromatic nitrogens is 4. The maximum atomic E-state index is 11.9. The molecule has 0 aromatic carbocycles. The first-order chi connectivity index (χ1) is 9.51. The zero-order valence-electron chi connectivity index (χ0n) is 11.0. The van der Waals surface area contributed by atoms with Gasteiger partial charge >= 0.3 is 0 Å². The molecule has 0 aliphatic carbocycles. The van der Waals surface area contributed by atoms with Crippen LogP contribution in [0.1, 0.15) is 11.7 Å². The van der Waals surface area contributed by atoms with Crippen LogP contribution in [0.4, 0.5) is 5.95 Å². The fourth-order valence-corrected chi connectivity index (χ4v) is 2.32. The summed E-state index contributed by atoms with van der Waals surface area (Å²) in [5.74, 6) is 1.25. The van der Waals surface area contributed by atoms with Gasteiger partial charge in [-0.15, -0.1) is 0 Å². The van der Waals surface area contributed by atoms with Gasteiger partial charge in [-0.3, -0.25) is 0 Å². The summed E-state index contributed by atoms with van der Waals surface area (Å²) < 4.78 is 31.2. The molecule has 0 fully saturated rings. The fourth-order valence-electron chi connectivity index (χ4n) is 1.40. The molecule has 0 aliphatic rings. The summed E-state index contributed by atoms with van der Waals surface area (Å²) in [6.45, 7) is 1.84. The lowest BCUT2D eigenvalue weighted by Gasteiger charge is -2.05. The van der Waals surface area contributed by atoms with E-state index in [1.807, 2.05) is 0 Å². The topological polar surface area (TPSA) is 123 Å². The molecule has 0 radical (unpaired) electrons. The van der Waals surface area contributed by atoms with E-state index in [1.165, 1.54) is 12.4 Å². The van der Waals surface area contributed by atoms with Crippen LogP contribution in [0.25, 0.3) is 0 Å². The number of nitrogens with zero attached hydrogens (tertiary/aromatic N) is 4. The monoisotopic (exact) mass is 298 g/mol. The standard InChI is InChI=1S/C10H14N6O3S/c1-7-15-9(19-16-7)3-4-14-20(17,18)8-5-12-10(11-2)13-6-8/h5-6,14H,3-4H2,1-2H3,(H,11,12,13). The smallest absolute Gasteiger partial charge is 0.243 e. The molecule has 108 valence electrons. The first-order valence-corrected chi connectivity index (χ1v) is 7.28. The quantitative estimate of drug-likeness (QED) is 0.747. The Balaban J connectivity index is 1.96. The van der Waals surface area contributed by atoms with Crippen LogP contribution in [0.15, 0.2) is 21.8 Å². The van der Waals surface area contributed by atoms with Gasteiger partial charge in [0.15, 0.2) is 5.82 Å². The molecule has 2 N–H and O–H groups in total. The van der Waals surface area contributed by atoms with Gasteiger partial charge in [-0.25, -0.2) is 23.1 Å². The maximum absolute atomic E-state index is 11.9. The van der Waals surface area contributed by atoms with E-state index in [0.717, 1.165) is 0 Å². The summed E-state index contributed by atoms with van der Waals surface area (Å²) in [5.41, 5.74) is 0. The number of nitrogens with one attached hydrogen (secondary N) is 2. The molecule has 0 saturated heterocycles. The lowest BCUT2D eigenvalue weighted by atomic mass is 10.4. The van der Waals surface area contributed by atoms with E-state index in [9.17, 15) is 8.42 Å². The molecule has 2 aromatic heterocycles. The average Bonchev–Trinajstić information content (AvgIpc) is 2.84. The molecule has 0 aliphatic heterocycles. The number of rotatable bonds is 6. The van der Waals surface area contributed by atoms with Crippen LogP contribution in [0.2, 0.25) is 0 Å². The molecule has 0 bridgehead atoms. The van der Waals surface area contributed by atoms with Gasteiger partial charge in [-0.1, -0.05) is 5.16 Å². The molecule has 2 rings (SSSR count). The Morgan fingerprint density at radius 2 is 2.00 bits per heavy atom. The fraction of sp³-hybridized carbons (Fsp3) is 0.400. The highest BCUT2D eigenvalue weighted by molar-refractivity contribution is 7.89. The summed E-state index contributed by atoms with van der Waals surface area (Å²) in [7, 11) is -1.99. The first-order valence-electron chi connectivity index (χ1n) is 5.80. The highest BCUT2D eigenvalue weighted by atomic mass is 32.2. The van der Waals surface area contributed by atoms with Crippen molar-refractivity contribution in [1.29, 1.82) is 0 Å². The van der Waals surface area contributed by atoms with Crippen LogP contribution < -0.4 is 10.0 Å². The number of hydrogen-bond acceptors (Lipinski definition) is 8. The number of anilines is 1. The van der Waals surface area contributed by atoms with E-state index in [-0.39, 0.29) is 11.4 Å². The third kappa shape index (κ3) is 3.48. The van der Waals surface area contributed by atoms with Gasteiger partial charge in [0.1, 0.15) is 4.90 Å². The van der Waals surface area contributed by atoms with Crippen LogP contribution in [-0.4, -0.2) is 42.1 Å². The van der Waals surface area contributed by atoms with Crippen LogP contribution >= 0.6 is 0 Å². The Labute approximate surface area is 115 Å². The van der Waals surface area contributed by atoms with E-state index >= 15 is 0 Å². The average molecular weight is 298 g/mol. The molecule has 2 heterocycles. The second-order valence-corrected chi connectivity index (χ2v) is 5.64. The van der Waals surface area contributed by atoms with Crippen molar-refractivity contribution in [2.75, 3.05) is 18.9 Å². The molecule has 9 nitrogen and oxygen atoms in total. The zero-order valence-corrected chi connectivity index (χ0v) is 11.8. The van der Waals surface area contributed by atoms with Gasteiger partial charge in [0, 0.05) is 20.0 Å². The number of sulfonamides is 1. The largest absolute Gasteiger partial charge is 0.357 e. The predicted molar refractivity (Wildman–Crippen MR) is 69.5 cm³/mol. The number of hydrogen-bond donors (Lipinski definition) is 2. The van der Waals surface area contributed by atoms with Crippen LogP contribution in [0, 0.1) is 6.92 Å². The van der Waals surface area contributed by atoms with Crippen molar-refractivity contribution in [3.05, 3.63) is 24.1 Å². The lowest BCUT2D eigenvalue weighted by Crippen LogP contribution is -2.26. The molecular formula is C10H14N6O3S. The predicted octanol–water partition coefficient (Wildman–Crippen LogP) is -0.269. The Morgan fingerprint density at radius 1 is 1.30 bits per heavy atom. The summed E-state index contributed by atoms with van der Waals surface area (Å²) in [5, 5.41) is 6.33. The first kappa shape index (κ1) is 14.3. The van der Waals surface area contributed by atoms with Crippen molar-refractivity contribution in [1.82, 2.24) is 24.8 Å². The van der Waals surface area contributed by atoms with Crippen LogP contribution in [0.3, 0.4) is 0 Å². The summed E-state index contributed by atoms with van der Waals surface area (Å²) in [4.78, 5) is 11.7. The van der Waals surface area contributed by atoms with Crippen molar-refractivity contribution >= 4 is 16.0 Å². The summed E-state index contributed by atoms with van der Waals surface area (Å²) >= 11 is 0. The van der Waals surface area contributed by atoms with Gasteiger partial charge in [-0.2, -0.15) is 4.98 Å². The van der Waals surface area contributed by atoms with E-state index in [1.54, 1.807) is 14.0 Å². The SMILES string of the molecule is CNc1ncc(S(=O)(=O)NCCc2nc(C)no2)cn1. The van der Waals surface area contributed by atoms with Crippen molar-refractivity contribution in [2.45, 2.75) is 18.2 Å². The van der Waals surface area contributed by atoms with E-state index in [2.05, 4.69) is 30.1 Å². The van der Waals surface area contributed by atoms with Crippen LogP contribution in [-0.2, 0) is 16.4 Å². The third-order valence-electron chi connectivity index (χ3n) is 2.36. The molecular weight excluding hydrogens is 284 g/mol. The summed E-state index contributed by atoms with van der Waals surface area (Å²) in [6, 6.07) is 0. The minimum atomic E-state index is -3.64.